The number of fused-ring (bicyclic) bond motifs is 3. The van der Waals surface area contributed by atoms with Gasteiger partial charge in [0.1, 0.15) is 14.8 Å². The maximum Gasteiger partial charge on any atom is 0.235 e. The van der Waals surface area contributed by atoms with Crippen LogP contribution in [-0.2, 0) is 51.9 Å². The molecule has 4 rings (SSSR count). The van der Waals surface area contributed by atoms with Crippen molar-refractivity contribution in [2.75, 3.05) is 6.26 Å². The first-order chi connectivity index (χ1) is 13.4. The predicted molar refractivity (Wildman–Crippen MR) is 116 cm³/mol. The Bertz CT molecular complexity index is 1060. The van der Waals surface area contributed by atoms with Gasteiger partial charge in [0, 0.05) is 15.7 Å². The number of hydrogen-bond acceptors (Lipinski definition) is 5. The Kier molecular flexibility index (Phi) is 4.77. The molecule has 29 heavy (non-hydrogen) atoms. The van der Waals surface area contributed by atoms with Crippen LogP contribution in [0.25, 0.3) is 0 Å². The van der Waals surface area contributed by atoms with E-state index in [0.29, 0.717) is 5.01 Å². The van der Waals surface area contributed by atoms with Crippen molar-refractivity contribution < 1.29 is 14.1 Å². The van der Waals surface area contributed by atoms with Crippen LogP contribution in [0.1, 0.15) is 59.5 Å². The molecule has 4 N–H and O–H groups in total. The molecule has 1 aromatic carbocycles. The zero-order chi connectivity index (χ0) is 21.1. The van der Waals surface area contributed by atoms with Gasteiger partial charge in [-0.25, -0.2) is 9.19 Å². The molecular formula is C21H29N3O3S2. The minimum absolute atomic E-state index is 0.173. The highest BCUT2D eigenvalue weighted by atomic mass is 32.3. The number of rotatable bonds is 5. The zero-order valence-corrected chi connectivity index (χ0v) is 18.8. The summed E-state index contributed by atoms with van der Waals surface area (Å²) in [6, 6.07) is 2.18. The molecule has 1 heterocycles. The van der Waals surface area contributed by atoms with E-state index in [9.17, 15) is 14.1 Å². The first kappa shape index (κ1) is 20.7. The summed E-state index contributed by atoms with van der Waals surface area (Å²) in [6.45, 7) is 3.21. The zero-order valence-electron chi connectivity index (χ0n) is 17.2. The van der Waals surface area contributed by atoms with Crippen LogP contribution in [0.2, 0.25) is 0 Å². The Morgan fingerprint density at radius 2 is 1.90 bits per heavy atom. The summed E-state index contributed by atoms with van der Waals surface area (Å²) in [6.07, 6.45) is 9.54. The number of thiazole rings is 1. The third kappa shape index (κ3) is 3.91. The number of aryl methyl sites for hydroxylation is 1. The summed E-state index contributed by atoms with van der Waals surface area (Å²) in [4.78, 5) is 17.0. The Labute approximate surface area is 175 Å². The number of nitrogens with zero attached hydrogens (tertiary/aromatic N) is 1. The molecule has 0 atom stereocenters. The molecular weight excluding hydrogens is 406 g/mol. The summed E-state index contributed by atoms with van der Waals surface area (Å²) in [5, 5.41) is 16.7. The van der Waals surface area contributed by atoms with E-state index >= 15 is 0 Å². The lowest BCUT2D eigenvalue weighted by molar-refractivity contribution is -0.118. The number of carbonyl (C=O) groups excluding carboxylic acids is 1. The van der Waals surface area contributed by atoms with Gasteiger partial charge in [-0.1, -0.05) is 6.07 Å². The average molecular weight is 436 g/mol. The van der Waals surface area contributed by atoms with Crippen molar-refractivity contribution >= 4 is 26.7 Å². The SMILES string of the molecule is CC(C)(O)c1ncc(S(C)(N)(=O)NC(=O)Cc2cc3c(c4c2CCC4)CCC3)s1. The van der Waals surface area contributed by atoms with Crippen LogP contribution in [0.4, 0.5) is 0 Å². The van der Waals surface area contributed by atoms with Crippen LogP contribution in [0, 0.1) is 0 Å². The number of amides is 1. The van der Waals surface area contributed by atoms with Crippen LogP contribution in [-0.4, -0.2) is 26.5 Å². The standard InChI is InChI=1S/C21H29N3O3S2/c1-21(2,26)20-23-12-19(28-20)29(3,22,27)24-18(25)11-14-10-13-6-4-7-15(13)17-9-5-8-16(14)17/h10,12,26H,4-9,11H2,1-3H3,(H3,22,24,25,27). The summed E-state index contributed by atoms with van der Waals surface area (Å²) in [5.41, 5.74) is 5.50. The van der Waals surface area contributed by atoms with Gasteiger partial charge in [-0.05, 0) is 80.2 Å². The number of nitrogens with two attached hydrogens (primary N) is 1. The van der Waals surface area contributed by atoms with Crippen molar-refractivity contribution in [3.63, 3.8) is 0 Å². The minimum Gasteiger partial charge on any atom is -0.383 e. The Hall–Kier alpha value is -1.61. The van der Waals surface area contributed by atoms with Crippen LogP contribution in [0.3, 0.4) is 0 Å². The van der Waals surface area contributed by atoms with Gasteiger partial charge >= 0.3 is 0 Å². The van der Waals surface area contributed by atoms with E-state index in [-0.39, 0.29) is 16.5 Å². The summed E-state index contributed by atoms with van der Waals surface area (Å²) < 4.78 is 16.4. The topological polar surface area (TPSA) is 105 Å². The van der Waals surface area contributed by atoms with Gasteiger partial charge in [0.25, 0.3) is 0 Å². The molecule has 2 aromatic rings. The van der Waals surface area contributed by atoms with Gasteiger partial charge in [-0.15, -0.1) is 11.3 Å². The number of carbonyl (C=O) groups is 1. The average Bonchev–Trinajstić information content (AvgIpc) is 3.32. The Morgan fingerprint density at radius 3 is 2.59 bits per heavy atom. The smallest absolute Gasteiger partial charge is 0.235 e. The second-order valence-electron chi connectivity index (χ2n) is 8.99. The summed E-state index contributed by atoms with van der Waals surface area (Å²) in [5.74, 6) is -0.350. The largest absolute Gasteiger partial charge is 0.383 e. The van der Waals surface area contributed by atoms with Gasteiger partial charge in [-0.2, -0.15) is 0 Å². The predicted octanol–water partition coefficient (Wildman–Crippen LogP) is 2.30. The van der Waals surface area contributed by atoms with E-state index in [0.717, 1.165) is 49.0 Å². The van der Waals surface area contributed by atoms with E-state index in [1.807, 2.05) is 0 Å². The lowest BCUT2D eigenvalue weighted by Crippen LogP contribution is -2.56. The minimum atomic E-state index is -4.11. The molecule has 1 amide bonds. The van der Waals surface area contributed by atoms with Crippen molar-refractivity contribution in [2.45, 2.75) is 68.6 Å². The van der Waals surface area contributed by atoms with E-state index < -0.39 is 15.0 Å². The van der Waals surface area contributed by atoms with Gasteiger partial charge in [0.15, 0.2) is 0 Å². The van der Waals surface area contributed by atoms with E-state index in [1.54, 1.807) is 13.8 Å². The number of nitrogens with one attached hydrogen (secondary N) is 1. The maximum absolute atomic E-state index is 13.5. The monoisotopic (exact) mass is 435 g/mol. The van der Waals surface area contributed by atoms with Crippen molar-refractivity contribution in [3.8, 4) is 0 Å². The van der Waals surface area contributed by atoms with E-state index in [4.69, 9.17) is 5.14 Å². The van der Waals surface area contributed by atoms with Crippen LogP contribution in [0.5, 0.6) is 0 Å². The summed E-state index contributed by atoms with van der Waals surface area (Å²) >= 11 is 1.07. The molecule has 6 nitrogen and oxygen atoms in total. The van der Waals surface area contributed by atoms with Gasteiger partial charge in [0.05, 0.1) is 12.6 Å². The molecule has 0 bridgehead atoms. The molecule has 0 saturated heterocycles. The number of benzene rings is 1. The molecule has 0 radical (unpaired) electrons. The van der Waals surface area contributed by atoms with Gasteiger partial charge in [0.2, 0.25) is 5.91 Å². The molecule has 0 spiro atoms. The van der Waals surface area contributed by atoms with Gasteiger partial charge in [-0.3, -0.25) is 14.7 Å². The van der Waals surface area contributed by atoms with Crippen molar-refractivity contribution in [1.82, 2.24) is 9.71 Å². The molecule has 2 aliphatic carbocycles. The fourth-order valence-electron chi connectivity index (χ4n) is 4.48. The summed E-state index contributed by atoms with van der Waals surface area (Å²) in [7, 11) is -4.11. The highest BCUT2D eigenvalue weighted by molar-refractivity contribution is 8.17. The third-order valence-corrected chi connectivity index (χ3v) is 10.2. The molecule has 1 aromatic heterocycles. The third-order valence-electron chi connectivity index (χ3n) is 5.81. The molecule has 0 fully saturated rings. The van der Waals surface area contributed by atoms with Gasteiger partial charge < -0.3 is 5.11 Å². The molecule has 0 unspecified atom stereocenters. The normalized spacial score (nSPS) is 17.5. The van der Waals surface area contributed by atoms with Crippen molar-refractivity contribution in [3.05, 3.63) is 45.1 Å². The first-order valence-corrected chi connectivity index (χ1v) is 13.3. The second-order valence-corrected chi connectivity index (χ2v) is 13.7. The number of aromatic nitrogens is 1. The number of aliphatic hydroxyl groups is 1. The van der Waals surface area contributed by atoms with E-state index in [2.05, 4.69) is 15.8 Å². The molecule has 2 aliphatic rings. The van der Waals surface area contributed by atoms with E-state index in [1.165, 1.54) is 41.1 Å². The van der Waals surface area contributed by atoms with Crippen molar-refractivity contribution in [1.29, 1.82) is 0 Å². The van der Waals surface area contributed by atoms with Crippen LogP contribution >= 0.6 is 11.3 Å². The second kappa shape index (κ2) is 6.70. The molecule has 158 valence electrons. The fourth-order valence-corrected chi connectivity index (χ4v) is 7.37. The molecule has 8 heteroatoms. The maximum atomic E-state index is 13.5. The van der Waals surface area contributed by atoms with Crippen LogP contribution < -0.4 is 9.86 Å². The molecule has 0 aliphatic heterocycles. The number of hydrogen-bond donors (Lipinski definition) is 3. The molecule has 0 saturated carbocycles. The van der Waals surface area contributed by atoms with Crippen LogP contribution in [0.15, 0.2) is 16.5 Å². The lowest BCUT2D eigenvalue weighted by Gasteiger charge is -2.33. The highest BCUT2D eigenvalue weighted by Gasteiger charge is 2.35. The Morgan fingerprint density at radius 1 is 1.24 bits per heavy atom. The first-order valence-electron chi connectivity index (χ1n) is 10.0. The quantitative estimate of drug-likeness (QED) is 0.670. The fraction of sp³-hybridized carbons (Fsp3) is 0.524. The lowest BCUT2D eigenvalue weighted by atomic mass is 9.93. The Balaban J connectivity index is 1.58. The highest BCUT2D eigenvalue weighted by Crippen LogP contribution is 2.37. The van der Waals surface area contributed by atoms with Crippen molar-refractivity contribution in [2.24, 2.45) is 5.14 Å².